The van der Waals surface area contributed by atoms with Crippen LogP contribution in [0.2, 0.25) is 1.41 Å². The summed E-state index contributed by atoms with van der Waals surface area (Å²) < 4.78 is 7.68. The molecule has 0 heterocycles. The fourth-order valence-corrected chi connectivity index (χ4v) is 1.87. The van der Waals surface area contributed by atoms with Crippen LogP contribution in [0.15, 0.2) is 0 Å². The lowest BCUT2D eigenvalue weighted by atomic mass is 10.1. The second-order valence-corrected chi connectivity index (χ2v) is 5.68. The molecule has 11 nitrogen and oxygen atoms in total. The van der Waals surface area contributed by atoms with Gasteiger partial charge in [-0.15, -0.1) is 0 Å². The van der Waals surface area contributed by atoms with E-state index in [9.17, 15) is 24.0 Å². The Labute approximate surface area is 152 Å². The van der Waals surface area contributed by atoms with Gasteiger partial charge in [-0.1, -0.05) is 6.42 Å². The van der Waals surface area contributed by atoms with Crippen molar-refractivity contribution in [3.63, 3.8) is 0 Å². The molecule has 26 heavy (non-hydrogen) atoms. The molecule has 0 aromatic rings. The maximum absolute atomic E-state index is 12.0. The molecular formula is C15H26N4O7. The van der Waals surface area contributed by atoms with Gasteiger partial charge in [-0.25, -0.2) is 4.79 Å². The Balaban J connectivity index is 4.39. The number of nitrogens with one attached hydrogen (secondary N) is 3. The van der Waals surface area contributed by atoms with Crippen molar-refractivity contribution in [3.8, 4) is 0 Å². The first-order valence-electron chi connectivity index (χ1n) is 8.52. The van der Waals surface area contributed by atoms with Crippen LogP contribution in [-0.4, -0.2) is 64.5 Å². The number of hydrogen-bond donors (Lipinski definition) is 6. The quantitative estimate of drug-likeness (QED) is 0.215. The molecule has 3 amide bonds. The van der Waals surface area contributed by atoms with Crippen molar-refractivity contribution in [2.45, 2.75) is 57.7 Å². The lowest BCUT2D eigenvalue weighted by molar-refractivity contribution is -0.142. The highest BCUT2D eigenvalue weighted by atomic mass is 16.4. The van der Waals surface area contributed by atoms with Gasteiger partial charge in [0.1, 0.15) is 18.1 Å². The molecule has 0 spiro atoms. The first-order chi connectivity index (χ1) is 12.5. The van der Waals surface area contributed by atoms with Crippen LogP contribution in [0.5, 0.6) is 0 Å². The lowest BCUT2D eigenvalue weighted by Crippen LogP contribution is -2.49. The molecule has 0 unspecified atom stereocenters. The van der Waals surface area contributed by atoms with Crippen LogP contribution >= 0.6 is 0 Å². The molecule has 148 valence electrons. The fourth-order valence-electron chi connectivity index (χ4n) is 1.87. The third-order valence-electron chi connectivity index (χ3n) is 3.40. The Bertz CT molecular complexity index is 572. The molecule has 0 aliphatic heterocycles. The van der Waals surface area contributed by atoms with Gasteiger partial charge < -0.3 is 31.9 Å². The smallest absolute Gasteiger partial charge is 0.326 e. The van der Waals surface area contributed by atoms with E-state index in [1.807, 2.05) is 0 Å². The minimum atomic E-state index is -1.24. The zero-order valence-corrected chi connectivity index (χ0v) is 14.7. The molecule has 0 rings (SSSR count). The highest BCUT2D eigenvalue weighted by molar-refractivity contribution is 5.90. The van der Waals surface area contributed by atoms with Crippen molar-refractivity contribution in [2.24, 2.45) is 5.73 Å². The number of nitrogens with two attached hydrogens (primary N) is 1. The van der Waals surface area contributed by atoms with E-state index in [1.165, 1.54) is 13.8 Å². The van der Waals surface area contributed by atoms with Gasteiger partial charge >= 0.3 is 11.9 Å². The van der Waals surface area contributed by atoms with Crippen molar-refractivity contribution in [3.05, 3.63) is 0 Å². The van der Waals surface area contributed by atoms with Crippen LogP contribution < -0.4 is 21.7 Å². The number of carboxylic acids is 2. The van der Waals surface area contributed by atoms with Crippen molar-refractivity contribution >= 4 is 29.7 Å². The van der Waals surface area contributed by atoms with Crippen molar-refractivity contribution in [1.29, 1.82) is 0 Å². The molecule has 0 fully saturated rings. The predicted octanol–water partition coefficient (Wildman–Crippen LogP) is -1.83. The van der Waals surface area contributed by atoms with Crippen molar-refractivity contribution in [2.75, 3.05) is 6.54 Å². The van der Waals surface area contributed by atoms with Gasteiger partial charge in [-0.3, -0.25) is 19.2 Å². The van der Waals surface area contributed by atoms with Crippen LogP contribution in [0.3, 0.4) is 0 Å². The average Bonchev–Trinajstić information content (AvgIpc) is 2.61. The normalized spacial score (nSPS) is 14.3. The second kappa shape index (κ2) is 11.8. The summed E-state index contributed by atoms with van der Waals surface area (Å²) in [7, 11) is 0. The van der Waals surface area contributed by atoms with Gasteiger partial charge in [-0.05, 0) is 26.7 Å². The maximum atomic E-state index is 12.0. The number of carboxylic acid groups (broad SMARTS) is 2. The summed E-state index contributed by atoms with van der Waals surface area (Å²) in [6.07, 6.45) is 0.514. The molecule has 11 heteroatoms. The van der Waals surface area contributed by atoms with E-state index in [1.54, 1.807) is 0 Å². The van der Waals surface area contributed by atoms with Gasteiger partial charge in [-0.2, -0.15) is 0 Å². The minimum absolute atomic E-state index is 0.0819. The third-order valence-corrected chi connectivity index (χ3v) is 3.40. The first-order valence-corrected chi connectivity index (χ1v) is 8.07. The second-order valence-electron chi connectivity index (χ2n) is 5.68. The summed E-state index contributed by atoms with van der Waals surface area (Å²) in [6.45, 7) is 2.21. The number of carbonyl (C=O) groups excluding carboxylic acids is 3. The van der Waals surface area contributed by atoms with Gasteiger partial charge in [0.2, 0.25) is 17.7 Å². The molecule has 0 saturated heterocycles. The summed E-state index contributed by atoms with van der Waals surface area (Å²) in [5.41, 5.74) is 5.11. The fraction of sp³-hybridized carbons (Fsp3) is 0.667. The van der Waals surface area contributed by atoms with Crippen LogP contribution in [0.25, 0.3) is 0 Å². The highest BCUT2D eigenvalue weighted by Crippen LogP contribution is 2.05. The zero-order valence-electron chi connectivity index (χ0n) is 15.7. The van der Waals surface area contributed by atoms with E-state index in [-0.39, 0.29) is 32.2 Å². The van der Waals surface area contributed by atoms with E-state index in [0.29, 0.717) is 5.31 Å². The number of unbranched alkanes of at least 4 members (excludes halogenated alkanes) is 1. The van der Waals surface area contributed by atoms with Gasteiger partial charge in [0.05, 0.1) is 6.54 Å². The number of rotatable bonds is 12. The summed E-state index contributed by atoms with van der Waals surface area (Å²) in [6, 6.07) is -3.46. The van der Waals surface area contributed by atoms with Gasteiger partial charge in [0.25, 0.3) is 0 Å². The molecule has 0 aromatic carbocycles. The first kappa shape index (κ1) is 21.4. The Morgan fingerprint density at radius 2 is 1.58 bits per heavy atom. The molecular weight excluding hydrogens is 348 g/mol. The van der Waals surface area contributed by atoms with E-state index in [2.05, 4.69) is 10.6 Å². The third kappa shape index (κ3) is 9.57. The summed E-state index contributed by atoms with van der Waals surface area (Å²) in [5.74, 6) is -4.51. The zero-order chi connectivity index (χ0) is 21.1. The van der Waals surface area contributed by atoms with Crippen molar-refractivity contribution < 1.29 is 35.6 Å². The Kier molecular flexibility index (Phi) is 9.69. The minimum Gasteiger partial charge on any atom is -0.480 e. The molecule has 0 bridgehead atoms. The molecule has 0 radical (unpaired) electrons. The maximum Gasteiger partial charge on any atom is 0.326 e. The SMILES string of the molecule is [2H]N(C(=O)CCCC[C@H](NC(=O)CN)C(=O)O)[C@H](C)C(=O)N[C@@H](C)C(=O)O. The van der Waals surface area contributed by atoms with Crippen molar-refractivity contribution in [1.82, 2.24) is 15.9 Å². The summed E-state index contributed by atoms with van der Waals surface area (Å²) in [4.78, 5) is 56.7. The molecule has 0 aromatic heterocycles. The molecule has 0 aliphatic carbocycles. The average molecular weight is 375 g/mol. The molecule has 7 N–H and O–H groups in total. The van der Waals surface area contributed by atoms with Gasteiger partial charge in [0, 0.05) is 6.42 Å². The molecule has 3 atom stereocenters. The monoisotopic (exact) mass is 375 g/mol. The number of hydrogen-bond acceptors (Lipinski definition) is 6. The van der Waals surface area contributed by atoms with Gasteiger partial charge in [0.15, 0.2) is 1.41 Å². The lowest BCUT2D eigenvalue weighted by Gasteiger charge is -2.16. The standard InChI is InChI=1S/C15H26N4O7/c1-8(13(22)18-9(2)14(23)24)17-11(20)6-4-3-5-10(15(25)26)19-12(21)7-16/h8-10H,3-7,16H2,1-2H3,(H,17,20)(H,18,22)(H,19,21)(H,23,24)(H,25,26)/t8-,9+,10+/m1/s1/i/hD. The van der Waals surface area contributed by atoms with Crippen LogP contribution in [-0.2, 0) is 24.0 Å². The van der Waals surface area contributed by atoms with E-state index >= 15 is 0 Å². The van der Waals surface area contributed by atoms with E-state index < -0.39 is 47.8 Å². The number of aliphatic carboxylic acids is 2. The summed E-state index contributed by atoms with van der Waals surface area (Å²) >= 11 is 0. The van der Waals surface area contributed by atoms with E-state index in [4.69, 9.17) is 17.4 Å². The van der Waals surface area contributed by atoms with Crippen LogP contribution in [0, 0.1) is 0 Å². The van der Waals surface area contributed by atoms with Crippen LogP contribution in [0.1, 0.15) is 39.5 Å². The topological polar surface area (TPSA) is 188 Å². The summed E-state index contributed by atoms with van der Waals surface area (Å²) in [5, 5.41) is 22.6. The Hall–Kier alpha value is -2.69. The van der Waals surface area contributed by atoms with Crippen LogP contribution in [0.4, 0.5) is 0 Å². The largest absolute Gasteiger partial charge is 0.480 e. The Morgan fingerprint density at radius 1 is 0.962 bits per heavy atom. The number of amides is 3. The van der Waals surface area contributed by atoms with E-state index in [0.717, 1.165) is 0 Å². The molecule has 0 aliphatic rings. The number of carbonyl (C=O) groups is 5. The Morgan fingerprint density at radius 3 is 2.08 bits per heavy atom. The predicted molar refractivity (Wildman–Crippen MR) is 89.9 cm³/mol. The highest BCUT2D eigenvalue weighted by Gasteiger charge is 2.21. The molecule has 0 saturated carbocycles.